The van der Waals surface area contributed by atoms with Crippen LogP contribution in [-0.4, -0.2) is 9.78 Å². The first kappa shape index (κ1) is 14.0. The minimum absolute atomic E-state index is 0.321. The van der Waals surface area contributed by atoms with E-state index < -0.39 is 6.04 Å². The maximum absolute atomic E-state index is 13.6. The molecule has 3 rings (SSSR count). The largest absolute Gasteiger partial charge is 0.320 e. The predicted octanol–water partition coefficient (Wildman–Crippen LogP) is 3.82. The molecule has 3 nitrogen and oxygen atoms in total. The van der Waals surface area contributed by atoms with Crippen molar-refractivity contribution in [1.29, 1.82) is 0 Å². The van der Waals surface area contributed by atoms with Gasteiger partial charge in [-0.25, -0.2) is 9.07 Å². The lowest BCUT2D eigenvalue weighted by Gasteiger charge is -2.10. The molecular formula is C16H13BrFN3. The highest BCUT2D eigenvalue weighted by atomic mass is 79.9. The lowest BCUT2D eigenvalue weighted by atomic mass is 10.0. The number of aromatic nitrogens is 2. The van der Waals surface area contributed by atoms with Crippen molar-refractivity contribution in [3.05, 3.63) is 82.3 Å². The van der Waals surface area contributed by atoms with E-state index in [2.05, 4.69) is 21.0 Å². The fraction of sp³-hybridized carbons (Fsp3) is 0.0625. The predicted molar refractivity (Wildman–Crippen MR) is 83.7 cm³/mol. The van der Waals surface area contributed by atoms with Crippen LogP contribution >= 0.6 is 15.9 Å². The van der Waals surface area contributed by atoms with E-state index >= 15 is 0 Å². The second-order valence-corrected chi connectivity index (χ2v) is 5.56. The Hall–Kier alpha value is -1.98. The quantitative estimate of drug-likeness (QED) is 0.784. The number of nitrogens with zero attached hydrogens (tertiary/aromatic N) is 2. The minimum Gasteiger partial charge on any atom is -0.320 e. The van der Waals surface area contributed by atoms with Gasteiger partial charge in [-0.1, -0.05) is 24.3 Å². The van der Waals surface area contributed by atoms with E-state index in [-0.39, 0.29) is 5.82 Å². The smallest absolute Gasteiger partial charge is 0.137 e. The lowest BCUT2D eigenvalue weighted by Crippen LogP contribution is -2.11. The van der Waals surface area contributed by atoms with E-state index in [4.69, 9.17) is 5.73 Å². The number of nitrogens with two attached hydrogens (primary N) is 1. The summed E-state index contributed by atoms with van der Waals surface area (Å²) in [6.45, 7) is 0. The highest BCUT2D eigenvalue weighted by Crippen LogP contribution is 2.24. The van der Waals surface area contributed by atoms with Gasteiger partial charge in [-0.2, -0.15) is 5.10 Å². The van der Waals surface area contributed by atoms with E-state index in [1.54, 1.807) is 23.0 Å². The third-order valence-electron chi connectivity index (χ3n) is 3.29. The number of para-hydroxylation sites is 1. The van der Waals surface area contributed by atoms with Crippen LogP contribution in [0, 0.1) is 5.82 Å². The minimum atomic E-state index is -0.412. The van der Waals surface area contributed by atoms with E-state index in [9.17, 15) is 4.39 Å². The van der Waals surface area contributed by atoms with Crippen LogP contribution in [0.25, 0.3) is 5.69 Å². The summed E-state index contributed by atoms with van der Waals surface area (Å²) in [5, 5.41) is 4.31. The van der Waals surface area contributed by atoms with Crippen molar-refractivity contribution in [2.24, 2.45) is 5.73 Å². The van der Waals surface area contributed by atoms with Crippen LogP contribution in [0.15, 0.2) is 65.4 Å². The van der Waals surface area contributed by atoms with Crippen LogP contribution < -0.4 is 5.73 Å². The molecule has 1 aromatic heterocycles. The number of hydrogen-bond donors (Lipinski definition) is 1. The molecule has 5 heteroatoms. The molecule has 2 N–H and O–H groups in total. The average Bonchev–Trinajstić information content (AvgIpc) is 3.00. The Balaban J connectivity index is 1.90. The van der Waals surface area contributed by atoms with Gasteiger partial charge in [0, 0.05) is 11.8 Å². The topological polar surface area (TPSA) is 43.8 Å². The molecule has 1 heterocycles. The van der Waals surface area contributed by atoms with Crippen molar-refractivity contribution in [3.63, 3.8) is 0 Å². The Labute approximate surface area is 130 Å². The normalized spacial score (nSPS) is 12.3. The molecule has 0 aliphatic heterocycles. The molecule has 1 unspecified atom stereocenters. The second kappa shape index (κ2) is 5.79. The molecule has 0 spiro atoms. The molecule has 2 aromatic carbocycles. The van der Waals surface area contributed by atoms with Gasteiger partial charge in [0.15, 0.2) is 0 Å². The fourth-order valence-corrected chi connectivity index (χ4v) is 2.36. The van der Waals surface area contributed by atoms with Crippen LogP contribution in [0.4, 0.5) is 4.39 Å². The molecular weight excluding hydrogens is 333 g/mol. The molecule has 0 saturated heterocycles. The number of halogens is 2. The summed E-state index contributed by atoms with van der Waals surface area (Å²) in [7, 11) is 0. The van der Waals surface area contributed by atoms with Crippen molar-refractivity contribution < 1.29 is 4.39 Å². The summed E-state index contributed by atoms with van der Waals surface area (Å²) in [6, 6.07) is 14.2. The van der Waals surface area contributed by atoms with E-state index in [0.717, 1.165) is 11.3 Å². The number of hydrogen-bond acceptors (Lipinski definition) is 2. The maximum Gasteiger partial charge on any atom is 0.137 e. The average molecular weight is 346 g/mol. The van der Waals surface area contributed by atoms with Gasteiger partial charge in [0.2, 0.25) is 0 Å². The van der Waals surface area contributed by atoms with E-state index in [0.29, 0.717) is 10.0 Å². The maximum atomic E-state index is 13.6. The van der Waals surface area contributed by atoms with Gasteiger partial charge in [-0.05, 0) is 45.8 Å². The van der Waals surface area contributed by atoms with Crippen LogP contribution in [0.5, 0.6) is 0 Å². The van der Waals surface area contributed by atoms with Crippen molar-refractivity contribution in [2.75, 3.05) is 0 Å². The summed E-state index contributed by atoms with van der Waals surface area (Å²) in [5.41, 5.74) is 8.69. The molecule has 0 saturated carbocycles. The molecule has 0 fully saturated rings. The zero-order valence-corrected chi connectivity index (χ0v) is 12.7. The third-order valence-corrected chi connectivity index (χ3v) is 3.93. The molecule has 0 aliphatic rings. The van der Waals surface area contributed by atoms with Gasteiger partial charge in [-0.3, -0.25) is 0 Å². The van der Waals surface area contributed by atoms with Gasteiger partial charge in [0.05, 0.1) is 22.4 Å². The summed E-state index contributed by atoms with van der Waals surface area (Å²) in [5.74, 6) is -0.321. The zero-order valence-electron chi connectivity index (χ0n) is 11.1. The second-order valence-electron chi connectivity index (χ2n) is 4.71. The summed E-state index contributed by atoms with van der Waals surface area (Å²) >= 11 is 3.14. The summed E-state index contributed by atoms with van der Waals surface area (Å²) < 4.78 is 15.8. The van der Waals surface area contributed by atoms with Crippen molar-refractivity contribution in [1.82, 2.24) is 9.78 Å². The lowest BCUT2D eigenvalue weighted by molar-refractivity contribution is 0.617. The third kappa shape index (κ3) is 2.89. The highest BCUT2D eigenvalue weighted by molar-refractivity contribution is 9.10. The highest BCUT2D eigenvalue weighted by Gasteiger charge is 2.13. The van der Waals surface area contributed by atoms with E-state index in [1.165, 1.54) is 6.07 Å². The van der Waals surface area contributed by atoms with Crippen LogP contribution in [0.1, 0.15) is 17.2 Å². The first-order valence-corrected chi connectivity index (χ1v) is 7.25. The van der Waals surface area contributed by atoms with Crippen molar-refractivity contribution >= 4 is 15.9 Å². The van der Waals surface area contributed by atoms with Crippen LogP contribution in [0.2, 0.25) is 0 Å². The van der Waals surface area contributed by atoms with E-state index in [1.807, 2.05) is 36.5 Å². The Kier molecular flexibility index (Phi) is 3.86. The Morgan fingerprint density at radius 2 is 1.86 bits per heavy atom. The Bertz CT molecular complexity index is 755. The molecule has 21 heavy (non-hydrogen) atoms. The van der Waals surface area contributed by atoms with Crippen LogP contribution in [-0.2, 0) is 0 Å². The first-order valence-electron chi connectivity index (χ1n) is 6.45. The van der Waals surface area contributed by atoms with Crippen LogP contribution in [0.3, 0.4) is 0 Å². The van der Waals surface area contributed by atoms with Gasteiger partial charge < -0.3 is 5.73 Å². The van der Waals surface area contributed by atoms with Crippen molar-refractivity contribution in [2.45, 2.75) is 6.04 Å². The Morgan fingerprint density at radius 1 is 1.10 bits per heavy atom. The fourth-order valence-electron chi connectivity index (χ4n) is 2.12. The summed E-state index contributed by atoms with van der Waals surface area (Å²) in [6.07, 6.45) is 3.57. The van der Waals surface area contributed by atoms with Gasteiger partial charge in [-0.15, -0.1) is 0 Å². The molecule has 1 atom stereocenters. The molecule has 0 amide bonds. The van der Waals surface area contributed by atoms with Gasteiger partial charge in [0.1, 0.15) is 5.82 Å². The molecule has 0 aliphatic carbocycles. The monoisotopic (exact) mass is 345 g/mol. The molecule has 0 bridgehead atoms. The summed E-state index contributed by atoms with van der Waals surface area (Å²) in [4.78, 5) is 0. The molecule has 3 aromatic rings. The van der Waals surface area contributed by atoms with Gasteiger partial charge >= 0.3 is 0 Å². The SMILES string of the molecule is NC(c1ccc(Br)c(F)c1)c1cnn(-c2ccccc2)c1. The standard InChI is InChI=1S/C16H13BrFN3/c17-14-7-6-11(8-15(14)18)16(19)12-9-20-21(10-12)13-4-2-1-3-5-13/h1-10,16H,19H2. The van der Waals surface area contributed by atoms with Gasteiger partial charge in [0.25, 0.3) is 0 Å². The Morgan fingerprint density at radius 3 is 2.57 bits per heavy atom. The zero-order chi connectivity index (χ0) is 14.8. The molecule has 106 valence electrons. The molecule has 0 radical (unpaired) electrons. The number of benzene rings is 2. The number of rotatable bonds is 3. The van der Waals surface area contributed by atoms with Crippen molar-refractivity contribution in [3.8, 4) is 5.69 Å². The first-order chi connectivity index (χ1) is 10.1.